The second-order valence-corrected chi connectivity index (χ2v) is 3.71. The molecule has 0 atom stereocenters. The molecule has 0 aromatic carbocycles. The van der Waals surface area contributed by atoms with Crippen LogP contribution in [0.4, 0.5) is 0 Å². The van der Waals surface area contributed by atoms with Crippen LogP contribution in [-0.2, 0) is 4.74 Å². The Hall–Kier alpha value is -0.820. The molecule has 0 aliphatic carbocycles. The number of hydrogen-bond acceptors (Lipinski definition) is 1. The van der Waals surface area contributed by atoms with Crippen molar-refractivity contribution in [1.29, 1.82) is 0 Å². The highest BCUT2D eigenvalue weighted by Gasteiger charge is 2.11. The number of hydrogen-bond donors (Lipinski definition) is 0. The van der Waals surface area contributed by atoms with E-state index < -0.39 is 0 Å². The highest BCUT2D eigenvalue weighted by Crippen LogP contribution is 2.16. The van der Waals surface area contributed by atoms with Crippen molar-refractivity contribution >= 4 is 0 Å². The van der Waals surface area contributed by atoms with Gasteiger partial charge in [-0.15, -0.1) is 0 Å². The molecular weight excluding hydrogens is 172 g/mol. The van der Waals surface area contributed by atoms with Crippen LogP contribution in [0.2, 0.25) is 0 Å². The summed E-state index contributed by atoms with van der Waals surface area (Å²) in [7, 11) is 0. The van der Waals surface area contributed by atoms with E-state index >= 15 is 0 Å². The molecule has 80 valence electrons. The summed E-state index contributed by atoms with van der Waals surface area (Å²) in [6, 6.07) is 0. The summed E-state index contributed by atoms with van der Waals surface area (Å²) in [6.45, 7) is 14.7. The lowest BCUT2D eigenvalue weighted by Crippen LogP contribution is -2.17. The van der Waals surface area contributed by atoms with Gasteiger partial charge in [0.25, 0.3) is 0 Å². The Labute approximate surface area is 88.2 Å². The van der Waals surface area contributed by atoms with E-state index in [1.54, 1.807) is 0 Å². The predicted octanol–water partition coefficient (Wildman–Crippen LogP) is 3.88. The maximum atomic E-state index is 5.77. The van der Waals surface area contributed by atoms with Gasteiger partial charge in [-0.2, -0.15) is 0 Å². The van der Waals surface area contributed by atoms with Gasteiger partial charge in [0.15, 0.2) is 0 Å². The third kappa shape index (κ3) is 4.43. The van der Waals surface area contributed by atoms with Gasteiger partial charge in [0.2, 0.25) is 0 Å². The van der Waals surface area contributed by atoms with E-state index in [0.29, 0.717) is 6.61 Å². The van der Waals surface area contributed by atoms with Crippen molar-refractivity contribution in [1.82, 2.24) is 0 Å². The summed E-state index contributed by atoms with van der Waals surface area (Å²) in [5.74, 6) is 0. The molecule has 0 aliphatic rings. The van der Waals surface area contributed by atoms with Crippen molar-refractivity contribution in [3.63, 3.8) is 0 Å². The van der Waals surface area contributed by atoms with Crippen LogP contribution in [0.5, 0.6) is 0 Å². The molecular formula is C13H22O. The van der Waals surface area contributed by atoms with E-state index in [1.165, 1.54) is 11.1 Å². The molecule has 0 rings (SSSR count). The standard InChI is InChI=1S/C13H22O/c1-7-11(5)13(12(6)8-2)14-9-10(3)4/h7-8,13H,3,9H2,1-2,4-6H3/b11-7-,12-8-. The Morgan fingerprint density at radius 3 is 1.86 bits per heavy atom. The maximum Gasteiger partial charge on any atom is 0.0994 e. The summed E-state index contributed by atoms with van der Waals surface area (Å²) >= 11 is 0. The molecule has 0 heterocycles. The van der Waals surface area contributed by atoms with Crippen molar-refractivity contribution in [3.05, 3.63) is 35.5 Å². The second kappa shape index (κ2) is 6.61. The summed E-state index contributed by atoms with van der Waals surface area (Å²) in [6.07, 6.45) is 4.30. The first-order valence-electron chi connectivity index (χ1n) is 5.04. The fraction of sp³-hybridized carbons (Fsp3) is 0.538. The van der Waals surface area contributed by atoms with Crippen LogP contribution >= 0.6 is 0 Å². The van der Waals surface area contributed by atoms with Gasteiger partial charge in [-0.3, -0.25) is 0 Å². The van der Waals surface area contributed by atoms with E-state index in [9.17, 15) is 0 Å². The molecule has 0 fully saturated rings. The lowest BCUT2D eigenvalue weighted by Gasteiger charge is -2.19. The fourth-order valence-electron chi connectivity index (χ4n) is 1.15. The summed E-state index contributed by atoms with van der Waals surface area (Å²) in [4.78, 5) is 0. The number of allylic oxidation sites excluding steroid dienone is 2. The minimum Gasteiger partial charge on any atom is -0.365 e. The zero-order chi connectivity index (χ0) is 11.1. The van der Waals surface area contributed by atoms with Gasteiger partial charge in [0.05, 0.1) is 12.7 Å². The van der Waals surface area contributed by atoms with Gasteiger partial charge >= 0.3 is 0 Å². The first-order chi connectivity index (χ1) is 6.52. The molecule has 0 saturated heterocycles. The molecule has 0 amide bonds. The highest BCUT2D eigenvalue weighted by atomic mass is 16.5. The topological polar surface area (TPSA) is 9.23 Å². The average Bonchev–Trinajstić information content (AvgIpc) is 2.16. The van der Waals surface area contributed by atoms with Crippen molar-refractivity contribution in [2.24, 2.45) is 0 Å². The van der Waals surface area contributed by atoms with Crippen molar-refractivity contribution < 1.29 is 4.74 Å². The SMILES string of the molecule is C=C(C)COC(/C(C)=C\C)/C(C)=C\C. The molecule has 14 heavy (non-hydrogen) atoms. The molecule has 0 N–H and O–H groups in total. The molecule has 0 radical (unpaired) electrons. The molecule has 0 aromatic rings. The average molecular weight is 194 g/mol. The van der Waals surface area contributed by atoms with E-state index in [4.69, 9.17) is 4.74 Å². The number of ether oxygens (including phenoxy) is 1. The molecule has 0 aromatic heterocycles. The smallest absolute Gasteiger partial charge is 0.0994 e. The van der Waals surface area contributed by atoms with Crippen LogP contribution in [0.25, 0.3) is 0 Å². The van der Waals surface area contributed by atoms with Gasteiger partial charge in [-0.25, -0.2) is 0 Å². The minimum atomic E-state index is 0.113. The Kier molecular flexibility index (Phi) is 6.22. The summed E-state index contributed by atoms with van der Waals surface area (Å²) < 4.78 is 5.77. The van der Waals surface area contributed by atoms with Crippen LogP contribution in [0, 0.1) is 0 Å². The highest BCUT2D eigenvalue weighted by molar-refractivity contribution is 5.20. The third-order valence-electron chi connectivity index (χ3n) is 2.23. The van der Waals surface area contributed by atoms with E-state index in [2.05, 4.69) is 32.6 Å². The number of rotatable bonds is 5. The van der Waals surface area contributed by atoms with Gasteiger partial charge in [-0.1, -0.05) is 24.3 Å². The molecule has 0 unspecified atom stereocenters. The lowest BCUT2D eigenvalue weighted by atomic mass is 10.0. The quantitative estimate of drug-likeness (QED) is 0.603. The lowest BCUT2D eigenvalue weighted by molar-refractivity contribution is 0.120. The first-order valence-corrected chi connectivity index (χ1v) is 5.04. The summed E-state index contributed by atoms with van der Waals surface area (Å²) in [5.41, 5.74) is 3.56. The maximum absolute atomic E-state index is 5.77. The van der Waals surface area contributed by atoms with Crippen LogP contribution in [-0.4, -0.2) is 12.7 Å². The van der Waals surface area contributed by atoms with Crippen molar-refractivity contribution in [3.8, 4) is 0 Å². The molecule has 0 aliphatic heterocycles. The minimum absolute atomic E-state index is 0.113. The normalized spacial score (nSPS) is 13.6. The van der Waals surface area contributed by atoms with Crippen LogP contribution < -0.4 is 0 Å². The Morgan fingerprint density at radius 2 is 1.57 bits per heavy atom. The van der Waals surface area contributed by atoms with Crippen LogP contribution in [0.1, 0.15) is 34.6 Å². The molecule has 0 bridgehead atoms. The Bertz CT molecular complexity index is 228. The van der Waals surface area contributed by atoms with Gasteiger partial charge in [0.1, 0.15) is 0 Å². The third-order valence-corrected chi connectivity index (χ3v) is 2.23. The second-order valence-electron chi connectivity index (χ2n) is 3.71. The zero-order valence-corrected chi connectivity index (χ0v) is 10.1. The molecule has 0 spiro atoms. The first kappa shape index (κ1) is 13.2. The molecule has 0 saturated carbocycles. The van der Waals surface area contributed by atoms with E-state index in [0.717, 1.165) is 5.57 Å². The largest absolute Gasteiger partial charge is 0.365 e. The Balaban J connectivity index is 4.49. The zero-order valence-electron chi connectivity index (χ0n) is 10.1. The van der Waals surface area contributed by atoms with Crippen LogP contribution in [0.15, 0.2) is 35.5 Å². The monoisotopic (exact) mass is 194 g/mol. The van der Waals surface area contributed by atoms with Gasteiger partial charge in [-0.05, 0) is 45.8 Å². The van der Waals surface area contributed by atoms with Gasteiger partial charge < -0.3 is 4.74 Å². The Morgan fingerprint density at radius 1 is 1.14 bits per heavy atom. The van der Waals surface area contributed by atoms with E-state index in [-0.39, 0.29) is 6.10 Å². The summed E-state index contributed by atoms with van der Waals surface area (Å²) in [5, 5.41) is 0. The van der Waals surface area contributed by atoms with Crippen molar-refractivity contribution in [2.75, 3.05) is 6.61 Å². The van der Waals surface area contributed by atoms with Gasteiger partial charge in [0, 0.05) is 0 Å². The van der Waals surface area contributed by atoms with E-state index in [1.807, 2.05) is 20.8 Å². The molecule has 1 nitrogen and oxygen atoms in total. The predicted molar refractivity (Wildman–Crippen MR) is 63.4 cm³/mol. The molecule has 1 heteroatoms. The fourth-order valence-corrected chi connectivity index (χ4v) is 1.15. The van der Waals surface area contributed by atoms with Crippen LogP contribution in [0.3, 0.4) is 0 Å². The van der Waals surface area contributed by atoms with Crippen molar-refractivity contribution in [2.45, 2.75) is 40.7 Å².